The van der Waals surface area contributed by atoms with E-state index in [0.717, 1.165) is 68.1 Å². The molecule has 0 aliphatic rings. The van der Waals surface area contributed by atoms with Crippen molar-refractivity contribution in [3.05, 3.63) is 218 Å². The van der Waals surface area contributed by atoms with Gasteiger partial charge in [-0.15, -0.1) is 20.4 Å². The van der Waals surface area contributed by atoms with Crippen LogP contribution in [0, 0.1) is 0 Å². The SMILES string of the molecule is c1ccc(-c2nnc(-c3ccccc3)n2-c2ccc(-c3ccc4ccc5c(-c6ccc(-n7c(-c8ccccc8)nnc7-c7ccccc7)cc6)ccc6ccc3c4c65)cc2)cc1. The molecule has 0 atom stereocenters. The van der Waals surface area contributed by atoms with Crippen molar-refractivity contribution in [2.45, 2.75) is 0 Å². The first-order valence-corrected chi connectivity index (χ1v) is 20.8. The lowest BCUT2D eigenvalue weighted by atomic mass is 9.87. The van der Waals surface area contributed by atoms with Crippen molar-refractivity contribution in [2.75, 3.05) is 0 Å². The van der Waals surface area contributed by atoms with E-state index in [9.17, 15) is 0 Å². The Bertz CT molecular complexity index is 3170. The molecule has 0 bridgehead atoms. The van der Waals surface area contributed by atoms with Gasteiger partial charge in [-0.25, -0.2) is 0 Å². The highest BCUT2D eigenvalue weighted by Crippen LogP contribution is 2.43. The summed E-state index contributed by atoms with van der Waals surface area (Å²) in [5, 5.41) is 26.2. The zero-order chi connectivity index (χ0) is 41.0. The van der Waals surface area contributed by atoms with Gasteiger partial charge in [-0.05, 0) is 78.8 Å². The fourth-order valence-corrected chi connectivity index (χ4v) is 9.04. The van der Waals surface area contributed by atoms with Crippen LogP contribution < -0.4 is 0 Å². The normalized spacial score (nSPS) is 11.5. The molecule has 12 rings (SSSR count). The van der Waals surface area contributed by atoms with E-state index in [-0.39, 0.29) is 0 Å². The molecule has 290 valence electrons. The largest absolute Gasteiger partial charge is 0.275 e. The van der Waals surface area contributed by atoms with E-state index in [4.69, 9.17) is 0 Å². The molecule has 0 aliphatic carbocycles. The topological polar surface area (TPSA) is 61.4 Å². The third kappa shape index (κ3) is 5.88. The van der Waals surface area contributed by atoms with Crippen molar-refractivity contribution >= 4 is 32.3 Å². The van der Waals surface area contributed by atoms with Crippen LogP contribution in [0.4, 0.5) is 0 Å². The minimum atomic E-state index is 0.804. The molecule has 0 N–H and O–H groups in total. The van der Waals surface area contributed by atoms with Gasteiger partial charge in [0, 0.05) is 33.6 Å². The van der Waals surface area contributed by atoms with Crippen molar-refractivity contribution in [3.63, 3.8) is 0 Å². The molecule has 0 saturated carbocycles. The van der Waals surface area contributed by atoms with Crippen LogP contribution in [0.5, 0.6) is 0 Å². The quantitative estimate of drug-likeness (QED) is 0.144. The summed E-state index contributed by atoms with van der Waals surface area (Å²) in [6.07, 6.45) is 0. The highest BCUT2D eigenvalue weighted by atomic mass is 15.3. The summed E-state index contributed by atoms with van der Waals surface area (Å²) in [6.45, 7) is 0. The summed E-state index contributed by atoms with van der Waals surface area (Å²) in [7, 11) is 0. The van der Waals surface area contributed by atoms with Crippen LogP contribution in [-0.2, 0) is 0 Å². The van der Waals surface area contributed by atoms with E-state index in [1.807, 2.05) is 72.8 Å². The Labute approximate surface area is 358 Å². The lowest BCUT2D eigenvalue weighted by molar-refractivity contribution is 1.07. The Morgan fingerprint density at radius 2 is 0.532 bits per heavy atom. The molecular formula is C56H36N6. The average Bonchev–Trinajstić information content (AvgIpc) is 4.01. The third-order valence-corrected chi connectivity index (χ3v) is 12.0. The van der Waals surface area contributed by atoms with E-state index < -0.39 is 0 Å². The molecule has 12 aromatic rings. The summed E-state index contributed by atoms with van der Waals surface area (Å²) >= 11 is 0. The van der Waals surface area contributed by atoms with Gasteiger partial charge in [-0.3, -0.25) is 9.13 Å². The molecule has 2 aromatic heterocycles. The van der Waals surface area contributed by atoms with Gasteiger partial charge < -0.3 is 0 Å². The maximum Gasteiger partial charge on any atom is 0.168 e. The molecule has 0 aliphatic heterocycles. The number of aromatic nitrogens is 6. The van der Waals surface area contributed by atoms with Gasteiger partial charge in [0.1, 0.15) is 0 Å². The molecule has 62 heavy (non-hydrogen) atoms. The first kappa shape index (κ1) is 35.5. The van der Waals surface area contributed by atoms with Crippen molar-refractivity contribution in [1.82, 2.24) is 29.5 Å². The summed E-state index contributed by atoms with van der Waals surface area (Å²) in [5.74, 6) is 3.21. The van der Waals surface area contributed by atoms with Gasteiger partial charge >= 0.3 is 0 Å². The smallest absolute Gasteiger partial charge is 0.168 e. The van der Waals surface area contributed by atoms with Crippen LogP contribution >= 0.6 is 0 Å². The van der Waals surface area contributed by atoms with Crippen LogP contribution in [0.3, 0.4) is 0 Å². The van der Waals surface area contributed by atoms with Crippen LogP contribution in [0.1, 0.15) is 0 Å². The van der Waals surface area contributed by atoms with Crippen molar-refractivity contribution in [2.24, 2.45) is 0 Å². The first-order chi connectivity index (χ1) is 30.8. The van der Waals surface area contributed by atoms with Crippen LogP contribution in [0.25, 0.3) is 111 Å². The van der Waals surface area contributed by atoms with Gasteiger partial charge in [0.05, 0.1) is 0 Å². The molecule has 6 nitrogen and oxygen atoms in total. The minimum absolute atomic E-state index is 0.804. The number of hydrogen-bond donors (Lipinski definition) is 0. The molecule has 0 unspecified atom stereocenters. The Hall–Kier alpha value is -8.48. The van der Waals surface area contributed by atoms with Crippen molar-refractivity contribution < 1.29 is 0 Å². The highest BCUT2D eigenvalue weighted by Gasteiger charge is 2.20. The number of hydrogen-bond acceptors (Lipinski definition) is 4. The van der Waals surface area contributed by atoms with Gasteiger partial charge in [0.25, 0.3) is 0 Å². The van der Waals surface area contributed by atoms with E-state index >= 15 is 0 Å². The van der Waals surface area contributed by atoms with E-state index in [0.29, 0.717) is 0 Å². The number of rotatable bonds is 8. The van der Waals surface area contributed by atoms with E-state index in [1.54, 1.807) is 0 Å². The van der Waals surface area contributed by atoms with Gasteiger partial charge in [-0.1, -0.05) is 194 Å². The molecule has 6 heteroatoms. The fourth-order valence-electron chi connectivity index (χ4n) is 9.04. The van der Waals surface area contributed by atoms with Gasteiger partial charge in [-0.2, -0.15) is 0 Å². The van der Waals surface area contributed by atoms with E-state index in [2.05, 4.69) is 175 Å². The molecule has 0 saturated heterocycles. The Balaban J connectivity index is 0.943. The first-order valence-electron chi connectivity index (χ1n) is 20.8. The predicted octanol–water partition coefficient (Wildman–Crippen LogP) is 13.7. The maximum absolute atomic E-state index is 4.69. The van der Waals surface area contributed by atoms with Crippen LogP contribution in [0.2, 0.25) is 0 Å². The zero-order valence-corrected chi connectivity index (χ0v) is 33.5. The number of benzene rings is 10. The highest BCUT2D eigenvalue weighted by molar-refractivity contribution is 6.27. The molecular weight excluding hydrogens is 757 g/mol. The molecule has 0 amide bonds. The average molecular weight is 793 g/mol. The second-order valence-corrected chi connectivity index (χ2v) is 15.6. The van der Waals surface area contributed by atoms with Gasteiger partial charge in [0.2, 0.25) is 0 Å². The predicted molar refractivity (Wildman–Crippen MR) is 253 cm³/mol. The summed E-state index contributed by atoms with van der Waals surface area (Å²) in [4.78, 5) is 0. The third-order valence-electron chi connectivity index (χ3n) is 12.0. The fraction of sp³-hybridized carbons (Fsp3) is 0. The maximum atomic E-state index is 4.69. The number of nitrogens with zero attached hydrogens (tertiary/aromatic N) is 6. The van der Waals surface area contributed by atoms with Gasteiger partial charge in [0.15, 0.2) is 23.3 Å². The van der Waals surface area contributed by atoms with E-state index in [1.165, 1.54) is 43.4 Å². The van der Waals surface area contributed by atoms with Crippen molar-refractivity contribution in [3.8, 4) is 79.2 Å². The second kappa shape index (κ2) is 14.7. The molecule has 0 spiro atoms. The minimum Gasteiger partial charge on any atom is -0.275 e. The monoisotopic (exact) mass is 792 g/mol. The standard InChI is InChI=1S/C56H36N6/c1-5-13-41(14-6-1)53-57-58-54(42-15-7-2-8-16-42)61(53)45-29-21-37(22-30-45)47-33-25-39-28-36-50-48(34-26-40-27-35-49(47)51(39)52(40)50)38-23-31-46(32-24-38)62-55(43-17-9-3-10-18-43)59-60-56(62)44-19-11-4-12-20-44/h1-36H. The zero-order valence-electron chi connectivity index (χ0n) is 33.5. The Kier molecular flexibility index (Phi) is 8.38. The Morgan fingerprint density at radius 3 is 0.839 bits per heavy atom. The summed E-state index contributed by atoms with van der Waals surface area (Å²) in [5.41, 5.74) is 10.7. The summed E-state index contributed by atoms with van der Waals surface area (Å²) in [6, 6.07) is 76.8. The molecule has 2 heterocycles. The molecule has 10 aromatic carbocycles. The second-order valence-electron chi connectivity index (χ2n) is 15.6. The van der Waals surface area contributed by atoms with Crippen LogP contribution in [-0.4, -0.2) is 29.5 Å². The van der Waals surface area contributed by atoms with Crippen LogP contribution in [0.15, 0.2) is 218 Å². The lowest BCUT2D eigenvalue weighted by Gasteiger charge is -2.17. The van der Waals surface area contributed by atoms with Crippen molar-refractivity contribution in [1.29, 1.82) is 0 Å². The molecule has 0 radical (unpaired) electrons. The lowest BCUT2D eigenvalue weighted by Crippen LogP contribution is -2.00. The Morgan fingerprint density at radius 1 is 0.242 bits per heavy atom. The summed E-state index contributed by atoms with van der Waals surface area (Å²) < 4.78 is 4.31. The molecule has 0 fully saturated rings.